The van der Waals surface area contributed by atoms with Crippen molar-refractivity contribution in [1.29, 1.82) is 0 Å². The molecule has 1 amide bonds. The van der Waals surface area contributed by atoms with Gasteiger partial charge >= 0.3 is 0 Å². The number of hydrogen-bond donors (Lipinski definition) is 3. The molecule has 27 heavy (non-hydrogen) atoms. The molecule has 0 fully saturated rings. The third-order valence-corrected chi connectivity index (χ3v) is 5.77. The van der Waals surface area contributed by atoms with E-state index in [4.69, 9.17) is 0 Å². The molecule has 0 bridgehead atoms. The summed E-state index contributed by atoms with van der Waals surface area (Å²) in [6.45, 7) is 1.88. The molecule has 0 spiro atoms. The number of nitrogens with zero attached hydrogens (tertiary/aromatic N) is 1. The lowest BCUT2D eigenvalue weighted by Gasteiger charge is -2.11. The molecule has 0 aliphatic heterocycles. The smallest absolute Gasteiger partial charge is 0.240 e. The molecule has 0 aliphatic rings. The maximum absolute atomic E-state index is 12.2. The van der Waals surface area contributed by atoms with E-state index in [9.17, 15) is 13.2 Å². The minimum Gasteiger partial charge on any atom is -0.346 e. The van der Waals surface area contributed by atoms with Crippen LogP contribution in [0.1, 0.15) is 30.8 Å². The number of benzene rings is 2. The third kappa shape index (κ3) is 4.53. The largest absolute Gasteiger partial charge is 0.346 e. The summed E-state index contributed by atoms with van der Waals surface area (Å²) in [5.41, 5.74) is 2.70. The number of amides is 1. The van der Waals surface area contributed by atoms with Gasteiger partial charge in [-0.05, 0) is 50.2 Å². The molecule has 1 atom stereocenters. The van der Waals surface area contributed by atoms with Gasteiger partial charge in [0.25, 0.3) is 0 Å². The number of H-pyrrole nitrogens is 1. The summed E-state index contributed by atoms with van der Waals surface area (Å²) >= 11 is 0. The summed E-state index contributed by atoms with van der Waals surface area (Å²) in [6.07, 6.45) is 0.835. The van der Waals surface area contributed by atoms with E-state index in [1.165, 1.54) is 19.2 Å². The van der Waals surface area contributed by atoms with E-state index in [2.05, 4.69) is 20.0 Å². The Hall–Kier alpha value is -2.71. The number of carbonyl (C=O) groups excluding carboxylic acids is 1. The Morgan fingerprint density at radius 2 is 1.85 bits per heavy atom. The molecule has 1 aromatic heterocycles. The number of nitrogens with one attached hydrogen (secondary N) is 3. The maximum Gasteiger partial charge on any atom is 0.240 e. The zero-order chi connectivity index (χ0) is 19.4. The predicted molar refractivity (Wildman–Crippen MR) is 104 cm³/mol. The van der Waals surface area contributed by atoms with Gasteiger partial charge in [0, 0.05) is 6.42 Å². The highest BCUT2D eigenvalue weighted by Crippen LogP contribution is 2.16. The van der Waals surface area contributed by atoms with Crippen LogP contribution in [0.5, 0.6) is 0 Å². The number of aryl methyl sites for hydroxylation is 1. The summed E-state index contributed by atoms with van der Waals surface area (Å²) in [5.74, 6) is 0.626. The average Bonchev–Trinajstić information content (AvgIpc) is 3.11. The van der Waals surface area contributed by atoms with Gasteiger partial charge in [-0.1, -0.05) is 24.3 Å². The topological polar surface area (TPSA) is 104 Å². The number of carbonyl (C=O) groups is 1. The van der Waals surface area contributed by atoms with E-state index in [1.807, 2.05) is 31.2 Å². The average molecular weight is 386 g/mol. The molecular weight excluding hydrogens is 364 g/mol. The van der Waals surface area contributed by atoms with E-state index < -0.39 is 10.0 Å². The van der Waals surface area contributed by atoms with Crippen LogP contribution in [-0.4, -0.2) is 31.3 Å². The SMILES string of the molecule is CNS(=O)(=O)c1ccc(CCC(=O)NC(C)c2nc3ccccc3[nH]2)cc1. The summed E-state index contributed by atoms with van der Waals surface area (Å²) < 4.78 is 25.7. The van der Waals surface area contributed by atoms with Gasteiger partial charge in [-0.2, -0.15) is 0 Å². The van der Waals surface area contributed by atoms with Crippen LogP contribution >= 0.6 is 0 Å². The number of sulfonamides is 1. The van der Waals surface area contributed by atoms with Gasteiger partial charge in [0.1, 0.15) is 5.82 Å². The zero-order valence-corrected chi connectivity index (χ0v) is 16.0. The number of aromatic nitrogens is 2. The number of fused-ring (bicyclic) bond motifs is 1. The summed E-state index contributed by atoms with van der Waals surface area (Å²) in [5, 5.41) is 2.93. The van der Waals surface area contributed by atoms with Crippen molar-refractivity contribution in [3.63, 3.8) is 0 Å². The molecular formula is C19H22N4O3S. The van der Waals surface area contributed by atoms with Crippen molar-refractivity contribution in [3.8, 4) is 0 Å². The third-order valence-electron chi connectivity index (χ3n) is 4.34. The Bertz CT molecular complexity index is 1010. The highest BCUT2D eigenvalue weighted by atomic mass is 32.2. The fourth-order valence-electron chi connectivity index (χ4n) is 2.77. The van der Waals surface area contributed by atoms with Gasteiger partial charge in [-0.15, -0.1) is 0 Å². The predicted octanol–water partition coefficient (Wildman–Crippen LogP) is 2.28. The molecule has 1 heterocycles. The van der Waals surface area contributed by atoms with Crippen molar-refractivity contribution in [3.05, 3.63) is 59.9 Å². The highest BCUT2D eigenvalue weighted by molar-refractivity contribution is 7.89. The normalized spacial score (nSPS) is 12.8. The minimum absolute atomic E-state index is 0.0881. The Kier molecular flexibility index (Phi) is 5.57. The number of para-hydroxylation sites is 2. The molecule has 2 aromatic carbocycles. The Balaban J connectivity index is 1.56. The molecule has 8 heteroatoms. The molecule has 3 N–H and O–H groups in total. The lowest BCUT2D eigenvalue weighted by molar-refractivity contribution is -0.121. The second kappa shape index (κ2) is 7.89. The van der Waals surface area contributed by atoms with Crippen molar-refractivity contribution in [1.82, 2.24) is 20.0 Å². The van der Waals surface area contributed by atoms with Gasteiger partial charge in [0.05, 0.1) is 22.0 Å². The molecule has 3 rings (SSSR count). The molecule has 0 radical (unpaired) electrons. The molecule has 3 aromatic rings. The van der Waals surface area contributed by atoms with Crippen LogP contribution in [0.25, 0.3) is 11.0 Å². The van der Waals surface area contributed by atoms with Crippen LogP contribution in [0, 0.1) is 0 Å². The highest BCUT2D eigenvalue weighted by Gasteiger charge is 2.14. The maximum atomic E-state index is 12.2. The molecule has 0 saturated carbocycles. The lowest BCUT2D eigenvalue weighted by Crippen LogP contribution is -2.27. The van der Waals surface area contributed by atoms with E-state index >= 15 is 0 Å². The van der Waals surface area contributed by atoms with Gasteiger partial charge in [0.15, 0.2) is 0 Å². The summed E-state index contributed by atoms with van der Waals surface area (Å²) in [6, 6.07) is 14.0. The van der Waals surface area contributed by atoms with Crippen molar-refractivity contribution in [2.75, 3.05) is 7.05 Å². The van der Waals surface area contributed by atoms with Crippen LogP contribution < -0.4 is 10.0 Å². The van der Waals surface area contributed by atoms with E-state index in [0.717, 1.165) is 16.6 Å². The van der Waals surface area contributed by atoms with E-state index in [-0.39, 0.29) is 16.8 Å². The molecule has 7 nitrogen and oxygen atoms in total. The van der Waals surface area contributed by atoms with Crippen molar-refractivity contribution < 1.29 is 13.2 Å². The first-order valence-corrected chi connectivity index (χ1v) is 10.1. The molecule has 0 saturated heterocycles. The molecule has 142 valence electrons. The van der Waals surface area contributed by atoms with Crippen LogP contribution in [0.2, 0.25) is 0 Å². The summed E-state index contributed by atoms with van der Waals surface area (Å²) in [7, 11) is -2.07. The number of rotatable bonds is 7. The van der Waals surface area contributed by atoms with Crippen LogP contribution in [0.3, 0.4) is 0 Å². The van der Waals surface area contributed by atoms with Crippen molar-refractivity contribution in [2.24, 2.45) is 0 Å². The second-order valence-corrected chi connectivity index (χ2v) is 8.17. The second-order valence-electron chi connectivity index (χ2n) is 6.28. The Morgan fingerprint density at radius 3 is 2.52 bits per heavy atom. The number of imidazole rings is 1. The Morgan fingerprint density at radius 1 is 1.15 bits per heavy atom. The zero-order valence-electron chi connectivity index (χ0n) is 15.2. The molecule has 0 aliphatic carbocycles. The standard InChI is InChI=1S/C19H22N4O3S/c1-13(19-22-16-5-3-4-6-17(16)23-19)21-18(24)12-9-14-7-10-15(11-8-14)27(25,26)20-2/h3-8,10-11,13,20H,9,12H2,1-2H3,(H,21,24)(H,22,23). The summed E-state index contributed by atoms with van der Waals surface area (Å²) in [4.78, 5) is 20.1. The van der Waals surface area contributed by atoms with Crippen molar-refractivity contribution in [2.45, 2.75) is 30.7 Å². The van der Waals surface area contributed by atoms with Gasteiger partial charge < -0.3 is 10.3 Å². The first-order valence-electron chi connectivity index (χ1n) is 8.65. The van der Waals surface area contributed by atoms with Crippen LogP contribution in [-0.2, 0) is 21.2 Å². The number of aromatic amines is 1. The van der Waals surface area contributed by atoms with Gasteiger partial charge in [0.2, 0.25) is 15.9 Å². The van der Waals surface area contributed by atoms with E-state index in [1.54, 1.807) is 12.1 Å². The fraction of sp³-hybridized carbons (Fsp3) is 0.263. The first-order chi connectivity index (χ1) is 12.9. The van der Waals surface area contributed by atoms with Gasteiger partial charge in [-0.25, -0.2) is 18.1 Å². The molecule has 1 unspecified atom stereocenters. The monoisotopic (exact) mass is 386 g/mol. The van der Waals surface area contributed by atoms with Crippen molar-refractivity contribution >= 4 is 27.0 Å². The number of hydrogen-bond acceptors (Lipinski definition) is 4. The minimum atomic E-state index is -3.44. The Labute approximate surface area is 158 Å². The quantitative estimate of drug-likeness (QED) is 0.579. The fourth-order valence-corrected chi connectivity index (χ4v) is 3.50. The first kappa shape index (κ1) is 19.1. The van der Waals surface area contributed by atoms with Crippen LogP contribution in [0.15, 0.2) is 53.4 Å². The lowest BCUT2D eigenvalue weighted by atomic mass is 10.1. The van der Waals surface area contributed by atoms with Crippen LogP contribution in [0.4, 0.5) is 0 Å². The van der Waals surface area contributed by atoms with E-state index in [0.29, 0.717) is 18.7 Å². The van der Waals surface area contributed by atoms with Gasteiger partial charge in [-0.3, -0.25) is 4.79 Å².